The van der Waals surface area contributed by atoms with Crippen molar-refractivity contribution in [1.29, 1.82) is 0 Å². The Balaban J connectivity index is 2.44. The molecule has 0 aliphatic heterocycles. The second kappa shape index (κ2) is 8.73. The maximum atomic E-state index is 12.8. The number of nitrogens with one attached hydrogen (secondary N) is 1. The number of sulfonamides is 1. The van der Waals surface area contributed by atoms with Crippen LogP contribution in [0.2, 0.25) is 5.02 Å². The minimum Gasteiger partial charge on any atom is -0.496 e. The molecule has 0 saturated carbocycles. The largest absolute Gasteiger partial charge is 0.496 e. The molecule has 2 aromatic rings. The maximum Gasteiger partial charge on any atom is 0.259 e. The molecule has 0 unspecified atom stereocenters. The number of halogens is 1. The second-order valence-electron chi connectivity index (χ2n) is 5.86. The number of benzene rings is 2. The topological polar surface area (TPSA) is 75.7 Å². The van der Waals surface area contributed by atoms with Crippen LogP contribution >= 0.6 is 11.6 Å². The van der Waals surface area contributed by atoms with E-state index in [2.05, 4.69) is 5.32 Å². The van der Waals surface area contributed by atoms with Crippen LogP contribution in [-0.2, 0) is 10.0 Å². The summed E-state index contributed by atoms with van der Waals surface area (Å²) < 4.78 is 32.1. The van der Waals surface area contributed by atoms with Crippen molar-refractivity contribution >= 4 is 33.2 Å². The quantitative estimate of drug-likeness (QED) is 0.750. The fraction of sp³-hybridized carbons (Fsp3) is 0.316. The van der Waals surface area contributed by atoms with Crippen LogP contribution < -0.4 is 10.1 Å². The number of amides is 1. The molecule has 6 nitrogen and oxygen atoms in total. The van der Waals surface area contributed by atoms with Crippen LogP contribution in [0.5, 0.6) is 5.75 Å². The summed E-state index contributed by atoms with van der Waals surface area (Å²) in [4.78, 5) is 12.8. The number of carbonyl (C=O) groups excluding carboxylic acids is 1. The predicted molar refractivity (Wildman–Crippen MR) is 107 cm³/mol. The van der Waals surface area contributed by atoms with Gasteiger partial charge in [-0.05, 0) is 48.9 Å². The highest BCUT2D eigenvalue weighted by atomic mass is 35.5. The smallest absolute Gasteiger partial charge is 0.259 e. The molecule has 27 heavy (non-hydrogen) atoms. The van der Waals surface area contributed by atoms with Crippen molar-refractivity contribution in [1.82, 2.24) is 4.31 Å². The summed E-state index contributed by atoms with van der Waals surface area (Å²) in [6.07, 6.45) is 0. The number of aryl methyl sites for hydroxylation is 1. The molecule has 0 aromatic heterocycles. The van der Waals surface area contributed by atoms with E-state index in [1.54, 1.807) is 32.0 Å². The molecular weight excluding hydrogens is 388 g/mol. The monoisotopic (exact) mass is 410 g/mol. The first-order valence-electron chi connectivity index (χ1n) is 8.50. The summed E-state index contributed by atoms with van der Waals surface area (Å²) in [5, 5.41) is 3.34. The first-order valence-corrected chi connectivity index (χ1v) is 10.3. The minimum atomic E-state index is -3.69. The Bertz CT molecular complexity index is 941. The van der Waals surface area contributed by atoms with Gasteiger partial charge in [-0.15, -0.1) is 0 Å². The Kier molecular flexibility index (Phi) is 6.86. The molecule has 0 aliphatic rings. The van der Waals surface area contributed by atoms with Crippen LogP contribution in [0.15, 0.2) is 41.3 Å². The normalized spacial score (nSPS) is 11.5. The molecule has 0 aliphatic carbocycles. The summed E-state index contributed by atoms with van der Waals surface area (Å²) in [6.45, 7) is 6.04. The van der Waals surface area contributed by atoms with Gasteiger partial charge < -0.3 is 10.1 Å². The molecule has 2 rings (SSSR count). The van der Waals surface area contributed by atoms with Gasteiger partial charge in [-0.3, -0.25) is 4.79 Å². The molecule has 1 amide bonds. The molecule has 0 heterocycles. The lowest BCUT2D eigenvalue weighted by Crippen LogP contribution is -2.30. The van der Waals surface area contributed by atoms with Gasteiger partial charge in [-0.25, -0.2) is 8.42 Å². The number of methoxy groups -OCH3 is 1. The zero-order chi connectivity index (χ0) is 20.2. The van der Waals surface area contributed by atoms with Crippen LogP contribution in [0.4, 0.5) is 5.69 Å². The number of carbonyl (C=O) groups is 1. The summed E-state index contributed by atoms with van der Waals surface area (Å²) in [5.74, 6) is -0.175. The van der Waals surface area contributed by atoms with E-state index < -0.39 is 15.9 Å². The number of nitrogens with zero attached hydrogens (tertiary/aromatic N) is 1. The highest BCUT2D eigenvalue weighted by Gasteiger charge is 2.24. The number of ether oxygens (including phenoxy) is 1. The lowest BCUT2D eigenvalue weighted by atomic mass is 10.1. The standard InChI is InChI=1S/C19H23ClN2O4S/c1-5-22(6-2)27(24,25)15-8-10-18(26-4)16(12-15)19(23)21-17-9-7-14(20)11-13(17)3/h7-12H,5-6H2,1-4H3,(H,21,23). The fourth-order valence-corrected chi connectivity index (χ4v) is 4.41. The number of anilines is 1. The first kappa shape index (κ1) is 21.2. The van der Waals surface area contributed by atoms with Crippen molar-refractivity contribution in [3.63, 3.8) is 0 Å². The summed E-state index contributed by atoms with van der Waals surface area (Å²) in [7, 11) is -2.26. The van der Waals surface area contributed by atoms with Crippen molar-refractivity contribution < 1.29 is 17.9 Å². The van der Waals surface area contributed by atoms with Gasteiger partial charge >= 0.3 is 0 Å². The third-order valence-electron chi connectivity index (χ3n) is 4.20. The van der Waals surface area contributed by atoms with Gasteiger partial charge in [0.1, 0.15) is 5.75 Å². The Morgan fingerprint density at radius 3 is 2.37 bits per heavy atom. The number of rotatable bonds is 7. The Morgan fingerprint density at radius 2 is 1.81 bits per heavy atom. The Hall–Kier alpha value is -2.09. The van der Waals surface area contributed by atoms with Gasteiger partial charge in [0.15, 0.2) is 0 Å². The second-order valence-corrected chi connectivity index (χ2v) is 8.24. The van der Waals surface area contributed by atoms with Gasteiger partial charge in [0.2, 0.25) is 10.0 Å². The van der Waals surface area contributed by atoms with Gasteiger partial charge in [0, 0.05) is 23.8 Å². The Labute approximate surface area is 165 Å². The van der Waals surface area contributed by atoms with Crippen LogP contribution in [0, 0.1) is 6.92 Å². The molecular formula is C19H23ClN2O4S. The summed E-state index contributed by atoms with van der Waals surface area (Å²) in [6, 6.07) is 9.36. The number of hydrogen-bond donors (Lipinski definition) is 1. The molecule has 0 atom stereocenters. The van der Waals surface area contributed by atoms with Crippen molar-refractivity contribution in [2.45, 2.75) is 25.7 Å². The summed E-state index contributed by atoms with van der Waals surface area (Å²) in [5.41, 5.74) is 1.52. The number of hydrogen-bond acceptors (Lipinski definition) is 4. The van der Waals surface area contributed by atoms with Gasteiger partial charge in [0.05, 0.1) is 17.6 Å². The predicted octanol–water partition coefficient (Wildman–Crippen LogP) is 3.94. The minimum absolute atomic E-state index is 0.0463. The Morgan fingerprint density at radius 1 is 1.15 bits per heavy atom. The van der Waals surface area contributed by atoms with E-state index in [-0.39, 0.29) is 16.2 Å². The van der Waals surface area contributed by atoms with E-state index >= 15 is 0 Å². The van der Waals surface area contributed by atoms with Crippen molar-refractivity contribution in [2.24, 2.45) is 0 Å². The van der Waals surface area contributed by atoms with Crippen LogP contribution in [-0.4, -0.2) is 38.8 Å². The zero-order valence-electron chi connectivity index (χ0n) is 15.7. The molecule has 0 spiro atoms. The molecule has 2 aromatic carbocycles. The molecule has 0 saturated heterocycles. The third kappa shape index (κ3) is 4.61. The first-order chi connectivity index (χ1) is 12.7. The summed E-state index contributed by atoms with van der Waals surface area (Å²) >= 11 is 5.94. The SMILES string of the molecule is CCN(CC)S(=O)(=O)c1ccc(OC)c(C(=O)Nc2ccc(Cl)cc2C)c1. The van der Waals surface area contributed by atoms with E-state index in [9.17, 15) is 13.2 Å². The highest BCUT2D eigenvalue weighted by molar-refractivity contribution is 7.89. The molecule has 8 heteroatoms. The molecule has 1 N–H and O–H groups in total. The highest BCUT2D eigenvalue weighted by Crippen LogP contribution is 2.27. The van der Waals surface area contributed by atoms with E-state index in [0.717, 1.165) is 5.56 Å². The lowest BCUT2D eigenvalue weighted by Gasteiger charge is -2.19. The third-order valence-corrected chi connectivity index (χ3v) is 6.48. The van der Waals surface area contributed by atoms with Gasteiger partial charge in [-0.1, -0.05) is 25.4 Å². The van der Waals surface area contributed by atoms with Crippen molar-refractivity contribution in [2.75, 3.05) is 25.5 Å². The van der Waals surface area contributed by atoms with Gasteiger partial charge in [-0.2, -0.15) is 4.31 Å². The molecule has 0 radical (unpaired) electrons. The van der Waals surface area contributed by atoms with Crippen molar-refractivity contribution in [3.8, 4) is 5.75 Å². The van der Waals surface area contributed by atoms with E-state index in [1.165, 1.54) is 29.6 Å². The van der Waals surface area contributed by atoms with E-state index in [0.29, 0.717) is 23.8 Å². The maximum absolute atomic E-state index is 12.8. The van der Waals surface area contributed by atoms with E-state index in [1.807, 2.05) is 6.92 Å². The van der Waals surface area contributed by atoms with Crippen LogP contribution in [0.25, 0.3) is 0 Å². The molecule has 0 bridgehead atoms. The fourth-order valence-electron chi connectivity index (χ4n) is 2.69. The van der Waals surface area contributed by atoms with Gasteiger partial charge in [0.25, 0.3) is 5.91 Å². The molecule has 0 fully saturated rings. The van der Waals surface area contributed by atoms with Crippen molar-refractivity contribution in [3.05, 3.63) is 52.5 Å². The molecule has 146 valence electrons. The average molecular weight is 411 g/mol. The van der Waals surface area contributed by atoms with Crippen LogP contribution in [0.1, 0.15) is 29.8 Å². The average Bonchev–Trinajstić information content (AvgIpc) is 2.64. The van der Waals surface area contributed by atoms with E-state index in [4.69, 9.17) is 16.3 Å². The van der Waals surface area contributed by atoms with Crippen LogP contribution in [0.3, 0.4) is 0 Å². The zero-order valence-corrected chi connectivity index (χ0v) is 17.3. The lowest BCUT2D eigenvalue weighted by molar-refractivity contribution is 0.102.